The Hall–Kier alpha value is -0.100. The number of thiazole rings is 1. The zero-order chi connectivity index (χ0) is 11.8. The minimum Gasteiger partial charge on any atom is -0.378 e. The molecule has 0 saturated carbocycles. The summed E-state index contributed by atoms with van der Waals surface area (Å²) in [4.78, 5) is 4.48. The Morgan fingerprint density at radius 1 is 1.62 bits per heavy atom. The van der Waals surface area contributed by atoms with E-state index in [0.717, 1.165) is 23.0 Å². The van der Waals surface area contributed by atoms with Crippen LogP contribution in [0, 0.1) is 0 Å². The van der Waals surface area contributed by atoms with Gasteiger partial charge in [0.15, 0.2) is 0 Å². The zero-order valence-corrected chi connectivity index (χ0v) is 11.8. The second-order valence-electron chi connectivity index (χ2n) is 3.61. The van der Waals surface area contributed by atoms with Crippen molar-refractivity contribution in [2.75, 3.05) is 18.6 Å². The first-order valence-electron chi connectivity index (χ1n) is 5.49. The highest BCUT2D eigenvalue weighted by atomic mass is 32.2. The van der Waals surface area contributed by atoms with Gasteiger partial charge in [-0.15, -0.1) is 11.3 Å². The minimum atomic E-state index is 0.539. The van der Waals surface area contributed by atoms with Gasteiger partial charge in [0.05, 0.1) is 12.3 Å². The van der Waals surface area contributed by atoms with E-state index in [4.69, 9.17) is 4.74 Å². The molecule has 0 spiro atoms. The molecule has 3 nitrogen and oxygen atoms in total. The fourth-order valence-corrected chi connectivity index (χ4v) is 2.72. The number of nitrogens with one attached hydrogen (secondary N) is 1. The summed E-state index contributed by atoms with van der Waals surface area (Å²) in [6, 6.07) is 0.539. The van der Waals surface area contributed by atoms with E-state index in [2.05, 4.69) is 29.5 Å². The van der Waals surface area contributed by atoms with Gasteiger partial charge < -0.3 is 10.1 Å². The molecule has 16 heavy (non-hydrogen) atoms. The molecule has 1 rings (SSSR count). The molecule has 1 N–H and O–H groups in total. The monoisotopic (exact) mass is 260 g/mol. The first-order valence-corrected chi connectivity index (χ1v) is 7.53. The van der Waals surface area contributed by atoms with Gasteiger partial charge in [-0.3, -0.25) is 0 Å². The van der Waals surface area contributed by atoms with Crippen molar-refractivity contribution in [2.24, 2.45) is 0 Å². The summed E-state index contributed by atoms with van der Waals surface area (Å²) in [5, 5.41) is 6.62. The van der Waals surface area contributed by atoms with Crippen LogP contribution in [-0.4, -0.2) is 29.6 Å². The number of rotatable bonds is 8. The van der Waals surface area contributed by atoms with Gasteiger partial charge in [-0.05, 0) is 12.7 Å². The lowest BCUT2D eigenvalue weighted by molar-refractivity contribution is 0.184. The van der Waals surface area contributed by atoms with Gasteiger partial charge in [-0.2, -0.15) is 11.8 Å². The van der Waals surface area contributed by atoms with Crippen molar-refractivity contribution in [3.05, 3.63) is 16.1 Å². The smallest absolute Gasteiger partial charge is 0.119 e. The summed E-state index contributed by atoms with van der Waals surface area (Å²) < 4.78 is 5.04. The SMILES string of the molecule is CCSCC(C)NCc1csc(COC)n1. The Morgan fingerprint density at radius 2 is 2.44 bits per heavy atom. The maximum absolute atomic E-state index is 5.04. The van der Waals surface area contributed by atoms with E-state index in [1.54, 1.807) is 18.4 Å². The lowest BCUT2D eigenvalue weighted by Crippen LogP contribution is -2.27. The third kappa shape index (κ3) is 5.30. The fourth-order valence-electron chi connectivity index (χ4n) is 1.25. The number of hydrogen-bond donors (Lipinski definition) is 1. The molecule has 0 amide bonds. The number of ether oxygens (including phenoxy) is 1. The maximum Gasteiger partial charge on any atom is 0.119 e. The van der Waals surface area contributed by atoms with Crippen LogP contribution in [0.5, 0.6) is 0 Å². The van der Waals surface area contributed by atoms with Crippen molar-refractivity contribution < 1.29 is 4.74 Å². The summed E-state index contributed by atoms with van der Waals surface area (Å²) in [5.41, 5.74) is 1.12. The molecule has 0 radical (unpaired) electrons. The highest BCUT2D eigenvalue weighted by Gasteiger charge is 2.04. The summed E-state index contributed by atoms with van der Waals surface area (Å²) in [7, 11) is 1.70. The van der Waals surface area contributed by atoms with E-state index < -0.39 is 0 Å². The molecule has 1 atom stereocenters. The molecular formula is C11H20N2OS2. The van der Waals surface area contributed by atoms with E-state index in [-0.39, 0.29) is 0 Å². The van der Waals surface area contributed by atoms with E-state index >= 15 is 0 Å². The summed E-state index contributed by atoms with van der Waals surface area (Å²) in [6.45, 7) is 5.87. The average Bonchev–Trinajstić information content (AvgIpc) is 2.72. The summed E-state index contributed by atoms with van der Waals surface area (Å²) in [5.74, 6) is 2.34. The van der Waals surface area contributed by atoms with Crippen LogP contribution in [-0.2, 0) is 17.9 Å². The molecule has 1 aromatic heterocycles. The van der Waals surface area contributed by atoms with Crippen LogP contribution in [0.4, 0.5) is 0 Å². The predicted octanol–water partition coefficient (Wildman–Crippen LogP) is 2.52. The Morgan fingerprint density at radius 3 is 3.12 bits per heavy atom. The first kappa shape index (κ1) is 14.0. The molecule has 1 aromatic rings. The number of nitrogens with zero attached hydrogens (tertiary/aromatic N) is 1. The minimum absolute atomic E-state index is 0.539. The molecule has 0 aromatic carbocycles. The Balaban J connectivity index is 2.25. The van der Waals surface area contributed by atoms with Gasteiger partial charge in [-0.1, -0.05) is 6.92 Å². The quantitative estimate of drug-likeness (QED) is 0.779. The lowest BCUT2D eigenvalue weighted by Gasteiger charge is -2.11. The van der Waals surface area contributed by atoms with Gasteiger partial charge in [0, 0.05) is 30.8 Å². The van der Waals surface area contributed by atoms with E-state index in [1.807, 2.05) is 11.8 Å². The van der Waals surface area contributed by atoms with Crippen molar-refractivity contribution in [1.29, 1.82) is 0 Å². The van der Waals surface area contributed by atoms with Crippen LogP contribution in [0.3, 0.4) is 0 Å². The van der Waals surface area contributed by atoms with Crippen molar-refractivity contribution in [3.63, 3.8) is 0 Å². The second-order valence-corrected chi connectivity index (χ2v) is 5.87. The zero-order valence-electron chi connectivity index (χ0n) is 10.2. The van der Waals surface area contributed by atoms with Crippen LogP contribution < -0.4 is 5.32 Å². The number of hydrogen-bond acceptors (Lipinski definition) is 5. The Bertz CT molecular complexity index is 291. The van der Waals surface area contributed by atoms with E-state index in [0.29, 0.717) is 12.6 Å². The standard InChI is InChI=1S/C11H20N2OS2/c1-4-15-7-9(2)12-5-10-8-16-11(13-10)6-14-3/h8-9,12H,4-7H2,1-3H3. The van der Waals surface area contributed by atoms with Crippen molar-refractivity contribution in [3.8, 4) is 0 Å². The van der Waals surface area contributed by atoms with Gasteiger partial charge in [0.25, 0.3) is 0 Å². The molecule has 0 fully saturated rings. The molecule has 1 unspecified atom stereocenters. The molecule has 1 heterocycles. The third-order valence-electron chi connectivity index (χ3n) is 2.07. The molecule has 0 aliphatic carbocycles. The van der Waals surface area contributed by atoms with Crippen molar-refractivity contribution in [2.45, 2.75) is 33.0 Å². The topological polar surface area (TPSA) is 34.1 Å². The first-order chi connectivity index (χ1) is 7.76. The molecule has 0 aliphatic heterocycles. The molecule has 5 heteroatoms. The molecule has 0 saturated heterocycles. The molecule has 0 aliphatic rings. The fraction of sp³-hybridized carbons (Fsp3) is 0.727. The second kappa shape index (κ2) is 8.06. The number of aromatic nitrogens is 1. The van der Waals surface area contributed by atoms with Gasteiger partial charge in [-0.25, -0.2) is 4.98 Å². The lowest BCUT2D eigenvalue weighted by atomic mass is 10.3. The average molecular weight is 260 g/mol. The summed E-state index contributed by atoms with van der Waals surface area (Å²) in [6.07, 6.45) is 0. The number of methoxy groups -OCH3 is 1. The van der Waals surface area contributed by atoms with Gasteiger partial charge in [0.1, 0.15) is 5.01 Å². The van der Waals surface area contributed by atoms with Crippen LogP contribution in [0.1, 0.15) is 24.5 Å². The van der Waals surface area contributed by atoms with Crippen LogP contribution in [0.25, 0.3) is 0 Å². The van der Waals surface area contributed by atoms with Crippen LogP contribution in [0.2, 0.25) is 0 Å². The Labute approximate surface area is 106 Å². The maximum atomic E-state index is 5.04. The van der Waals surface area contributed by atoms with Crippen LogP contribution in [0.15, 0.2) is 5.38 Å². The van der Waals surface area contributed by atoms with Crippen molar-refractivity contribution in [1.82, 2.24) is 10.3 Å². The molecular weight excluding hydrogens is 240 g/mol. The molecule has 0 bridgehead atoms. The molecule has 92 valence electrons. The van der Waals surface area contributed by atoms with Crippen LogP contribution >= 0.6 is 23.1 Å². The summed E-state index contributed by atoms with van der Waals surface area (Å²) >= 11 is 3.63. The van der Waals surface area contributed by atoms with Crippen molar-refractivity contribution >= 4 is 23.1 Å². The number of thioether (sulfide) groups is 1. The van der Waals surface area contributed by atoms with E-state index in [1.165, 1.54) is 5.75 Å². The largest absolute Gasteiger partial charge is 0.378 e. The highest BCUT2D eigenvalue weighted by Crippen LogP contribution is 2.11. The van der Waals surface area contributed by atoms with Gasteiger partial charge in [0.2, 0.25) is 0 Å². The predicted molar refractivity (Wildman–Crippen MR) is 72.1 cm³/mol. The van der Waals surface area contributed by atoms with E-state index in [9.17, 15) is 0 Å². The highest BCUT2D eigenvalue weighted by molar-refractivity contribution is 7.99. The Kier molecular flexibility index (Phi) is 7.03. The van der Waals surface area contributed by atoms with Gasteiger partial charge >= 0.3 is 0 Å². The normalized spacial score (nSPS) is 12.9. The third-order valence-corrected chi connectivity index (χ3v) is 4.09.